The molecule has 2 aliphatic rings. The van der Waals surface area contributed by atoms with Crippen molar-refractivity contribution in [1.29, 1.82) is 0 Å². The van der Waals surface area contributed by atoms with Crippen LogP contribution in [0, 0.1) is 23.7 Å². The zero-order valence-electron chi connectivity index (χ0n) is 14.2. The summed E-state index contributed by atoms with van der Waals surface area (Å²) in [6, 6.07) is 0. The lowest BCUT2D eigenvalue weighted by Crippen LogP contribution is -2.27. The largest absolute Gasteiger partial charge is 0.381 e. The maximum atomic E-state index is 5.61. The molecule has 0 aromatic rings. The summed E-state index contributed by atoms with van der Waals surface area (Å²) in [5.74, 6) is 3.97. The fourth-order valence-corrected chi connectivity index (χ4v) is 4.61. The Balaban J connectivity index is 1.61. The van der Waals surface area contributed by atoms with E-state index in [-0.39, 0.29) is 0 Å². The lowest BCUT2D eigenvalue weighted by Gasteiger charge is -2.37. The van der Waals surface area contributed by atoms with Gasteiger partial charge in [0.1, 0.15) is 0 Å². The predicted molar refractivity (Wildman–Crippen MR) is 91.4 cm³/mol. The molecule has 2 rings (SSSR count). The van der Waals surface area contributed by atoms with E-state index in [1.807, 2.05) is 0 Å². The molecular formula is C20H36O. The SMILES string of the molecule is C=CCCC[C@H]1CC[C@H]([C@H]2CC[C@H](COCC)CC2)CC1. The highest BCUT2D eigenvalue weighted by molar-refractivity contribution is 4.82. The van der Waals surface area contributed by atoms with Crippen molar-refractivity contribution < 1.29 is 4.74 Å². The van der Waals surface area contributed by atoms with Crippen molar-refractivity contribution in [1.82, 2.24) is 0 Å². The Kier molecular flexibility index (Phi) is 7.85. The standard InChI is InChI=1S/C20H36O/c1-3-5-6-7-17-8-12-19(13-9-17)20-14-10-18(11-15-20)16-21-4-2/h3,17-20H,1,4-16H2,2H3/t17-,18-,19-,20-. The van der Waals surface area contributed by atoms with Crippen LogP contribution in [0.25, 0.3) is 0 Å². The molecule has 0 heterocycles. The van der Waals surface area contributed by atoms with Crippen molar-refractivity contribution >= 4 is 0 Å². The maximum absolute atomic E-state index is 5.61. The van der Waals surface area contributed by atoms with E-state index in [4.69, 9.17) is 4.74 Å². The number of hydrogen-bond donors (Lipinski definition) is 0. The first-order chi connectivity index (χ1) is 10.3. The molecule has 0 N–H and O–H groups in total. The van der Waals surface area contributed by atoms with Gasteiger partial charge < -0.3 is 4.74 Å². The van der Waals surface area contributed by atoms with Crippen LogP contribution in [-0.2, 0) is 4.74 Å². The summed E-state index contributed by atoms with van der Waals surface area (Å²) >= 11 is 0. The Morgan fingerprint density at radius 1 is 0.905 bits per heavy atom. The second-order valence-electron chi connectivity index (χ2n) is 7.44. The predicted octanol–water partition coefficient (Wildman–Crippen LogP) is 5.99. The normalized spacial score (nSPS) is 33.8. The molecule has 1 nitrogen and oxygen atoms in total. The van der Waals surface area contributed by atoms with Crippen LogP contribution in [-0.4, -0.2) is 13.2 Å². The molecule has 2 fully saturated rings. The first-order valence-electron chi connectivity index (χ1n) is 9.52. The number of allylic oxidation sites excluding steroid dienone is 1. The fourth-order valence-electron chi connectivity index (χ4n) is 4.61. The molecule has 122 valence electrons. The van der Waals surface area contributed by atoms with E-state index in [0.29, 0.717) is 0 Å². The van der Waals surface area contributed by atoms with Gasteiger partial charge in [-0.15, -0.1) is 6.58 Å². The zero-order chi connectivity index (χ0) is 14.9. The fraction of sp³-hybridized carbons (Fsp3) is 0.900. The van der Waals surface area contributed by atoms with Gasteiger partial charge in [-0.3, -0.25) is 0 Å². The Morgan fingerprint density at radius 2 is 1.48 bits per heavy atom. The highest BCUT2D eigenvalue weighted by atomic mass is 16.5. The second-order valence-corrected chi connectivity index (χ2v) is 7.44. The van der Waals surface area contributed by atoms with E-state index in [1.54, 1.807) is 0 Å². The van der Waals surface area contributed by atoms with Crippen molar-refractivity contribution in [2.75, 3.05) is 13.2 Å². The van der Waals surface area contributed by atoms with E-state index in [1.165, 1.54) is 70.6 Å². The molecule has 0 aromatic heterocycles. The minimum absolute atomic E-state index is 0.858. The third-order valence-corrected chi connectivity index (χ3v) is 6.03. The van der Waals surface area contributed by atoms with E-state index < -0.39 is 0 Å². The average molecular weight is 293 g/mol. The van der Waals surface area contributed by atoms with Crippen LogP contribution < -0.4 is 0 Å². The Hall–Kier alpha value is -0.300. The van der Waals surface area contributed by atoms with Gasteiger partial charge in [0.2, 0.25) is 0 Å². The van der Waals surface area contributed by atoms with Gasteiger partial charge in [-0.25, -0.2) is 0 Å². The summed E-state index contributed by atoms with van der Waals surface area (Å²) in [6.07, 6.45) is 17.9. The third-order valence-electron chi connectivity index (χ3n) is 6.03. The van der Waals surface area contributed by atoms with Crippen molar-refractivity contribution in [2.45, 2.75) is 77.6 Å². The van der Waals surface area contributed by atoms with Gasteiger partial charge in [0.25, 0.3) is 0 Å². The second kappa shape index (κ2) is 9.66. The molecule has 1 heteroatoms. The highest BCUT2D eigenvalue weighted by Crippen LogP contribution is 2.42. The minimum Gasteiger partial charge on any atom is -0.381 e. The minimum atomic E-state index is 0.858. The number of rotatable bonds is 8. The van der Waals surface area contributed by atoms with E-state index in [9.17, 15) is 0 Å². The summed E-state index contributed by atoms with van der Waals surface area (Å²) in [5, 5.41) is 0. The molecule has 0 saturated heterocycles. The summed E-state index contributed by atoms with van der Waals surface area (Å²) in [6.45, 7) is 7.84. The van der Waals surface area contributed by atoms with Crippen molar-refractivity contribution in [2.24, 2.45) is 23.7 Å². The van der Waals surface area contributed by atoms with Crippen LogP contribution in [0.5, 0.6) is 0 Å². The summed E-state index contributed by atoms with van der Waals surface area (Å²) in [7, 11) is 0. The lowest BCUT2D eigenvalue weighted by atomic mass is 9.69. The quantitative estimate of drug-likeness (QED) is 0.394. The van der Waals surface area contributed by atoms with Gasteiger partial charge in [-0.2, -0.15) is 0 Å². The Bertz CT molecular complexity index is 270. The molecule has 0 unspecified atom stereocenters. The van der Waals surface area contributed by atoms with Crippen molar-refractivity contribution in [3.05, 3.63) is 12.7 Å². The number of unbranched alkanes of at least 4 members (excludes halogenated alkanes) is 1. The molecule has 2 saturated carbocycles. The van der Waals surface area contributed by atoms with Gasteiger partial charge in [-0.05, 0) is 82.0 Å². The molecule has 21 heavy (non-hydrogen) atoms. The van der Waals surface area contributed by atoms with Crippen molar-refractivity contribution in [3.63, 3.8) is 0 Å². The Morgan fingerprint density at radius 3 is 2.00 bits per heavy atom. The summed E-state index contributed by atoms with van der Waals surface area (Å²) in [5.41, 5.74) is 0. The van der Waals surface area contributed by atoms with E-state index >= 15 is 0 Å². The zero-order valence-corrected chi connectivity index (χ0v) is 14.2. The topological polar surface area (TPSA) is 9.23 Å². The first-order valence-corrected chi connectivity index (χ1v) is 9.52. The molecular weight excluding hydrogens is 256 g/mol. The van der Waals surface area contributed by atoms with Gasteiger partial charge >= 0.3 is 0 Å². The number of ether oxygens (including phenoxy) is 1. The van der Waals surface area contributed by atoms with Crippen molar-refractivity contribution in [3.8, 4) is 0 Å². The molecule has 2 aliphatic carbocycles. The molecule has 0 aromatic carbocycles. The van der Waals surface area contributed by atoms with Gasteiger partial charge in [0, 0.05) is 13.2 Å². The average Bonchev–Trinajstić information content (AvgIpc) is 2.54. The lowest BCUT2D eigenvalue weighted by molar-refractivity contribution is 0.0710. The van der Waals surface area contributed by atoms with Crippen LogP contribution in [0.1, 0.15) is 77.6 Å². The molecule has 0 aliphatic heterocycles. The van der Waals surface area contributed by atoms with Gasteiger partial charge in [0.05, 0.1) is 0 Å². The monoisotopic (exact) mass is 292 g/mol. The maximum Gasteiger partial charge on any atom is 0.0494 e. The smallest absolute Gasteiger partial charge is 0.0494 e. The van der Waals surface area contributed by atoms with Crippen LogP contribution in [0.2, 0.25) is 0 Å². The summed E-state index contributed by atoms with van der Waals surface area (Å²) < 4.78 is 5.61. The summed E-state index contributed by atoms with van der Waals surface area (Å²) in [4.78, 5) is 0. The number of hydrogen-bond acceptors (Lipinski definition) is 1. The third kappa shape index (κ3) is 5.77. The Labute approximate surface area is 132 Å². The van der Waals surface area contributed by atoms with Crippen LogP contribution in [0.15, 0.2) is 12.7 Å². The van der Waals surface area contributed by atoms with Crippen LogP contribution in [0.4, 0.5) is 0 Å². The molecule has 0 amide bonds. The molecule has 0 radical (unpaired) electrons. The van der Waals surface area contributed by atoms with Gasteiger partial charge in [-0.1, -0.05) is 25.3 Å². The first kappa shape index (κ1) is 17.1. The molecule has 0 bridgehead atoms. The van der Waals surface area contributed by atoms with E-state index in [0.717, 1.165) is 36.9 Å². The molecule has 0 atom stereocenters. The van der Waals surface area contributed by atoms with Crippen LogP contribution in [0.3, 0.4) is 0 Å². The molecule has 0 spiro atoms. The van der Waals surface area contributed by atoms with Gasteiger partial charge in [0.15, 0.2) is 0 Å². The highest BCUT2D eigenvalue weighted by Gasteiger charge is 2.30. The van der Waals surface area contributed by atoms with Crippen LogP contribution >= 0.6 is 0 Å². The van der Waals surface area contributed by atoms with E-state index in [2.05, 4.69) is 19.6 Å².